The van der Waals surface area contributed by atoms with Gasteiger partial charge < -0.3 is 20.2 Å². The number of nitrogens with one attached hydrogen (secondary N) is 1. The van der Waals surface area contributed by atoms with Crippen LogP contribution in [0.1, 0.15) is 38.5 Å². The van der Waals surface area contributed by atoms with Gasteiger partial charge in [0.2, 0.25) is 5.91 Å². The highest BCUT2D eigenvalue weighted by molar-refractivity contribution is 5.84. The van der Waals surface area contributed by atoms with Gasteiger partial charge in [-0.05, 0) is 25.7 Å². The van der Waals surface area contributed by atoms with Crippen LogP contribution in [0.3, 0.4) is 0 Å². The van der Waals surface area contributed by atoms with E-state index in [4.69, 9.17) is 5.11 Å². The van der Waals surface area contributed by atoms with Crippen molar-refractivity contribution in [3.05, 3.63) is 0 Å². The van der Waals surface area contributed by atoms with Gasteiger partial charge in [0.25, 0.3) is 0 Å². The molecule has 23 heavy (non-hydrogen) atoms. The summed E-state index contributed by atoms with van der Waals surface area (Å²) in [5, 5.41) is 12.0. The zero-order valence-electron chi connectivity index (χ0n) is 14.0. The lowest BCUT2D eigenvalue weighted by Crippen LogP contribution is -2.52. The number of urea groups is 1. The molecule has 0 aromatic rings. The molecule has 2 aliphatic rings. The Labute approximate surface area is 137 Å². The average molecular weight is 325 g/mol. The van der Waals surface area contributed by atoms with Crippen LogP contribution in [0.15, 0.2) is 0 Å². The summed E-state index contributed by atoms with van der Waals surface area (Å²) in [7, 11) is 3.48. The van der Waals surface area contributed by atoms with Crippen molar-refractivity contribution in [1.29, 1.82) is 0 Å². The van der Waals surface area contributed by atoms with Gasteiger partial charge >= 0.3 is 12.0 Å². The first-order valence-electron chi connectivity index (χ1n) is 8.33. The molecule has 1 atom stereocenters. The Morgan fingerprint density at radius 1 is 1.22 bits per heavy atom. The van der Waals surface area contributed by atoms with Crippen molar-refractivity contribution in [3.8, 4) is 0 Å². The Balaban J connectivity index is 1.94. The van der Waals surface area contributed by atoms with Gasteiger partial charge in [-0.3, -0.25) is 9.59 Å². The minimum Gasteiger partial charge on any atom is -0.481 e. The number of aliphatic carboxylic acids is 1. The van der Waals surface area contributed by atoms with Crippen molar-refractivity contribution in [2.24, 2.45) is 11.3 Å². The summed E-state index contributed by atoms with van der Waals surface area (Å²) in [6.45, 7) is 1.15. The summed E-state index contributed by atoms with van der Waals surface area (Å²) < 4.78 is 0. The Morgan fingerprint density at radius 2 is 1.87 bits per heavy atom. The van der Waals surface area contributed by atoms with Crippen molar-refractivity contribution in [2.45, 2.75) is 38.5 Å². The van der Waals surface area contributed by atoms with Crippen LogP contribution < -0.4 is 5.32 Å². The predicted molar refractivity (Wildman–Crippen MR) is 84.9 cm³/mol. The van der Waals surface area contributed by atoms with Gasteiger partial charge in [-0.15, -0.1) is 0 Å². The van der Waals surface area contributed by atoms with Crippen LogP contribution in [0, 0.1) is 11.3 Å². The van der Waals surface area contributed by atoms with Gasteiger partial charge in [0.1, 0.15) is 0 Å². The molecule has 3 amide bonds. The smallest absolute Gasteiger partial charge is 0.317 e. The number of carboxylic acids is 1. The number of carbonyl (C=O) groups excluding carboxylic acids is 2. The largest absolute Gasteiger partial charge is 0.481 e. The van der Waals surface area contributed by atoms with E-state index < -0.39 is 17.3 Å². The molecule has 2 rings (SSSR count). The second-order valence-electron chi connectivity index (χ2n) is 6.97. The molecule has 1 unspecified atom stereocenters. The van der Waals surface area contributed by atoms with E-state index in [1.807, 2.05) is 0 Å². The molecular weight excluding hydrogens is 298 g/mol. The number of hydrogen-bond acceptors (Lipinski definition) is 3. The number of hydrogen-bond donors (Lipinski definition) is 2. The van der Waals surface area contributed by atoms with Gasteiger partial charge in [-0.2, -0.15) is 0 Å². The van der Waals surface area contributed by atoms with Crippen molar-refractivity contribution in [1.82, 2.24) is 15.1 Å². The summed E-state index contributed by atoms with van der Waals surface area (Å²) in [6.07, 6.45) is 4.90. The molecule has 1 aliphatic carbocycles. The Morgan fingerprint density at radius 3 is 2.43 bits per heavy atom. The highest BCUT2D eigenvalue weighted by Crippen LogP contribution is 2.39. The average Bonchev–Trinajstić information content (AvgIpc) is 3.01. The molecule has 0 aromatic heterocycles. The first kappa shape index (κ1) is 17.6. The molecular formula is C16H27N3O4. The lowest BCUT2D eigenvalue weighted by Gasteiger charge is -2.34. The van der Waals surface area contributed by atoms with E-state index in [-0.39, 0.29) is 18.5 Å². The fourth-order valence-electron chi connectivity index (χ4n) is 3.71. The van der Waals surface area contributed by atoms with Crippen molar-refractivity contribution < 1.29 is 19.5 Å². The number of nitrogens with zero attached hydrogens (tertiary/aromatic N) is 2. The van der Waals surface area contributed by atoms with E-state index >= 15 is 0 Å². The molecule has 1 aliphatic heterocycles. The van der Waals surface area contributed by atoms with E-state index in [0.29, 0.717) is 25.9 Å². The second-order valence-corrected chi connectivity index (χ2v) is 6.97. The third-order valence-electron chi connectivity index (χ3n) is 5.06. The highest BCUT2D eigenvalue weighted by Gasteiger charge is 2.42. The van der Waals surface area contributed by atoms with Crippen LogP contribution in [-0.4, -0.2) is 66.5 Å². The van der Waals surface area contributed by atoms with Crippen molar-refractivity contribution in [2.75, 3.05) is 33.7 Å². The normalized spacial score (nSPS) is 23.4. The lowest BCUT2D eigenvalue weighted by atomic mass is 9.84. The summed E-state index contributed by atoms with van der Waals surface area (Å²) in [5.41, 5.74) is -0.499. The van der Waals surface area contributed by atoms with E-state index in [0.717, 1.165) is 25.7 Å². The zero-order chi connectivity index (χ0) is 17.0. The van der Waals surface area contributed by atoms with Crippen molar-refractivity contribution in [3.63, 3.8) is 0 Å². The number of carboxylic acid groups (broad SMARTS) is 1. The van der Waals surface area contributed by atoms with Gasteiger partial charge in [0.15, 0.2) is 0 Å². The second kappa shape index (κ2) is 7.19. The first-order chi connectivity index (χ1) is 10.9. The predicted octanol–water partition coefficient (Wildman–Crippen LogP) is 1.14. The highest BCUT2D eigenvalue weighted by atomic mass is 16.4. The summed E-state index contributed by atoms with van der Waals surface area (Å²) in [6, 6.07) is -0.256. The van der Waals surface area contributed by atoms with Gasteiger partial charge in [-0.25, -0.2) is 4.79 Å². The zero-order valence-corrected chi connectivity index (χ0v) is 14.0. The van der Waals surface area contributed by atoms with E-state index in [1.54, 1.807) is 23.9 Å². The molecule has 130 valence electrons. The quantitative estimate of drug-likeness (QED) is 0.811. The molecule has 2 fully saturated rings. The Bertz CT molecular complexity index is 472. The number of amides is 3. The van der Waals surface area contributed by atoms with Crippen LogP contribution in [0.25, 0.3) is 0 Å². The summed E-state index contributed by atoms with van der Waals surface area (Å²) in [4.78, 5) is 39.1. The molecule has 0 radical (unpaired) electrons. The standard InChI is InChI=1S/C16H27N3O4/c1-18(2)14(22)16(7-3-4-8-16)11-17-15(23)19-9-5-6-12(10-19)13(20)21/h12H,3-11H2,1-2H3,(H,17,23)(H,20,21). The topological polar surface area (TPSA) is 90.0 Å². The van der Waals surface area contributed by atoms with Crippen LogP contribution in [0.4, 0.5) is 4.79 Å². The van der Waals surface area contributed by atoms with E-state index in [2.05, 4.69) is 5.32 Å². The van der Waals surface area contributed by atoms with Crippen LogP contribution in [0.2, 0.25) is 0 Å². The summed E-state index contributed by atoms with van der Waals surface area (Å²) >= 11 is 0. The number of carbonyl (C=O) groups is 3. The molecule has 0 spiro atoms. The monoisotopic (exact) mass is 325 g/mol. The molecule has 0 aromatic carbocycles. The fourth-order valence-corrected chi connectivity index (χ4v) is 3.71. The molecule has 2 N–H and O–H groups in total. The maximum absolute atomic E-state index is 12.5. The van der Waals surface area contributed by atoms with Gasteiger partial charge in [0.05, 0.1) is 11.3 Å². The van der Waals surface area contributed by atoms with Crippen molar-refractivity contribution >= 4 is 17.9 Å². The Kier molecular flexibility index (Phi) is 5.49. The molecule has 0 bridgehead atoms. The number of likely N-dealkylation sites (tertiary alicyclic amines) is 1. The Hall–Kier alpha value is -1.79. The van der Waals surface area contributed by atoms with Crippen LogP contribution in [0.5, 0.6) is 0 Å². The third-order valence-corrected chi connectivity index (χ3v) is 5.06. The maximum atomic E-state index is 12.5. The SMILES string of the molecule is CN(C)C(=O)C1(CNC(=O)N2CCCC(C(=O)O)C2)CCCC1. The lowest BCUT2D eigenvalue weighted by molar-refractivity contribution is -0.143. The number of rotatable bonds is 4. The third kappa shape index (κ3) is 3.95. The number of piperidine rings is 1. The fraction of sp³-hybridized carbons (Fsp3) is 0.812. The molecule has 1 saturated heterocycles. The molecule has 7 heteroatoms. The van der Waals surface area contributed by atoms with Gasteiger partial charge in [-0.1, -0.05) is 12.8 Å². The van der Waals surface area contributed by atoms with E-state index in [9.17, 15) is 14.4 Å². The van der Waals surface area contributed by atoms with Crippen LogP contribution >= 0.6 is 0 Å². The van der Waals surface area contributed by atoms with Crippen LogP contribution in [-0.2, 0) is 9.59 Å². The van der Waals surface area contributed by atoms with E-state index in [1.165, 1.54) is 0 Å². The first-order valence-corrected chi connectivity index (χ1v) is 8.33. The minimum atomic E-state index is -0.849. The summed E-state index contributed by atoms with van der Waals surface area (Å²) in [5.74, 6) is -1.27. The maximum Gasteiger partial charge on any atom is 0.317 e. The minimum absolute atomic E-state index is 0.0670. The molecule has 1 heterocycles. The molecule has 1 saturated carbocycles. The van der Waals surface area contributed by atoms with Gasteiger partial charge in [0, 0.05) is 33.7 Å². The molecule has 7 nitrogen and oxygen atoms in total.